The Balaban J connectivity index is 1.98. The first-order valence-electron chi connectivity index (χ1n) is 7.30. The number of hydrogen-bond donors (Lipinski definition) is 2. The van der Waals surface area contributed by atoms with Crippen molar-refractivity contribution in [1.29, 1.82) is 0 Å². The van der Waals surface area contributed by atoms with Gasteiger partial charge in [0.15, 0.2) is 0 Å². The zero-order valence-electron chi connectivity index (χ0n) is 11.8. The predicted molar refractivity (Wildman–Crippen MR) is 71.9 cm³/mol. The van der Waals surface area contributed by atoms with Gasteiger partial charge >= 0.3 is 12.0 Å². The van der Waals surface area contributed by atoms with Crippen molar-refractivity contribution in [2.24, 2.45) is 11.8 Å². The Morgan fingerprint density at radius 2 is 1.89 bits per heavy atom. The number of rotatable bonds is 3. The highest BCUT2D eigenvalue weighted by molar-refractivity contribution is 5.83. The van der Waals surface area contributed by atoms with Crippen LogP contribution >= 0.6 is 0 Å². The molecule has 1 heterocycles. The second-order valence-corrected chi connectivity index (χ2v) is 6.10. The highest BCUT2D eigenvalue weighted by Gasteiger charge is 2.39. The van der Waals surface area contributed by atoms with Gasteiger partial charge in [0.2, 0.25) is 0 Å². The van der Waals surface area contributed by atoms with Gasteiger partial charge in [-0.05, 0) is 31.1 Å². The van der Waals surface area contributed by atoms with E-state index in [2.05, 4.69) is 5.32 Å². The van der Waals surface area contributed by atoms with Gasteiger partial charge in [-0.25, -0.2) is 9.59 Å². The lowest BCUT2D eigenvalue weighted by atomic mass is 9.85. The molecule has 2 rings (SSSR count). The Morgan fingerprint density at radius 3 is 2.53 bits per heavy atom. The summed E-state index contributed by atoms with van der Waals surface area (Å²) in [5.41, 5.74) is 0. The molecular weight excluding hydrogens is 244 g/mol. The number of carboxylic acids is 1. The van der Waals surface area contributed by atoms with Crippen LogP contribution in [0.25, 0.3) is 0 Å². The molecule has 5 nitrogen and oxygen atoms in total. The van der Waals surface area contributed by atoms with Crippen LogP contribution in [0, 0.1) is 11.8 Å². The lowest BCUT2D eigenvalue weighted by molar-refractivity contribution is -0.140. The number of amides is 2. The van der Waals surface area contributed by atoms with Crippen LogP contribution in [-0.4, -0.2) is 40.6 Å². The summed E-state index contributed by atoms with van der Waals surface area (Å²) in [7, 11) is 0. The number of likely N-dealkylation sites (tertiary alicyclic amines) is 1. The minimum atomic E-state index is -0.956. The molecule has 108 valence electrons. The Labute approximate surface area is 114 Å². The minimum Gasteiger partial charge on any atom is -0.480 e. The number of carboxylic acid groups (broad SMARTS) is 1. The molecule has 3 atom stereocenters. The van der Waals surface area contributed by atoms with Gasteiger partial charge in [-0.1, -0.05) is 26.7 Å². The molecule has 0 aromatic heterocycles. The van der Waals surface area contributed by atoms with Gasteiger partial charge in [0, 0.05) is 12.6 Å². The molecule has 1 aliphatic heterocycles. The third-order valence-electron chi connectivity index (χ3n) is 4.48. The van der Waals surface area contributed by atoms with E-state index in [9.17, 15) is 9.59 Å². The fourth-order valence-electron chi connectivity index (χ4n) is 3.39. The molecule has 2 aliphatic rings. The van der Waals surface area contributed by atoms with Gasteiger partial charge < -0.3 is 15.3 Å². The zero-order chi connectivity index (χ0) is 14.0. The standard InChI is InChI=1S/C14H24N2O3/c1-9(2)12(13(17)18)15-14(19)16-8-7-10-5-3-4-6-11(10)16/h9-12H,3-8H2,1-2H3,(H,15,19)(H,17,18)/t10?,11?,12-/m0/s1. The van der Waals surface area contributed by atoms with Crippen LogP contribution in [0.15, 0.2) is 0 Å². The van der Waals surface area contributed by atoms with E-state index in [-0.39, 0.29) is 11.9 Å². The molecule has 19 heavy (non-hydrogen) atoms. The minimum absolute atomic E-state index is 0.105. The number of urea groups is 1. The number of hydrogen-bond acceptors (Lipinski definition) is 2. The van der Waals surface area contributed by atoms with Crippen molar-refractivity contribution >= 4 is 12.0 Å². The average molecular weight is 268 g/mol. The molecule has 0 bridgehead atoms. The van der Waals surface area contributed by atoms with Crippen LogP contribution in [0.3, 0.4) is 0 Å². The number of fused-ring (bicyclic) bond motifs is 1. The molecule has 2 N–H and O–H groups in total. The molecule has 5 heteroatoms. The van der Waals surface area contributed by atoms with Gasteiger partial charge in [0.1, 0.15) is 6.04 Å². The lowest BCUT2D eigenvalue weighted by Crippen LogP contribution is -2.52. The SMILES string of the molecule is CC(C)[C@H](NC(=O)N1CCC2CCCCC21)C(=O)O. The number of nitrogens with one attached hydrogen (secondary N) is 1. The summed E-state index contributed by atoms with van der Waals surface area (Å²) in [5.74, 6) is -0.434. The quantitative estimate of drug-likeness (QED) is 0.823. The average Bonchev–Trinajstić information content (AvgIpc) is 2.78. The summed E-state index contributed by atoms with van der Waals surface area (Å²) in [6.45, 7) is 4.39. The fraction of sp³-hybridized carbons (Fsp3) is 0.857. The van der Waals surface area contributed by atoms with E-state index in [1.54, 1.807) is 0 Å². The van der Waals surface area contributed by atoms with Crippen molar-refractivity contribution in [1.82, 2.24) is 10.2 Å². The first-order valence-corrected chi connectivity index (χ1v) is 7.30. The summed E-state index contributed by atoms with van der Waals surface area (Å²) < 4.78 is 0. The molecule has 1 saturated heterocycles. The highest BCUT2D eigenvalue weighted by Crippen LogP contribution is 2.36. The maximum Gasteiger partial charge on any atom is 0.326 e. The first kappa shape index (κ1) is 14.2. The summed E-state index contributed by atoms with van der Waals surface area (Å²) >= 11 is 0. The summed E-state index contributed by atoms with van der Waals surface area (Å²) in [5, 5.41) is 11.8. The Bertz CT molecular complexity index is 357. The van der Waals surface area contributed by atoms with E-state index in [4.69, 9.17) is 5.11 Å². The Kier molecular flexibility index (Phi) is 4.32. The monoisotopic (exact) mass is 268 g/mol. The smallest absolute Gasteiger partial charge is 0.326 e. The Hall–Kier alpha value is -1.26. The number of carbonyl (C=O) groups is 2. The summed E-state index contributed by atoms with van der Waals surface area (Å²) in [6.07, 6.45) is 5.79. The Morgan fingerprint density at radius 1 is 1.21 bits per heavy atom. The number of carbonyl (C=O) groups excluding carboxylic acids is 1. The molecule has 1 aliphatic carbocycles. The topological polar surface area (TPSA) is 69.6 Å². The van der Waals surface area contributed by atoms with Crippen LogP contribution in [0.4, 0.5) is 4.79 Å². The molecular formula is C14H24N2O3. The number of aliphatic carboxylic acids is 1. The van der Waals surface area contributed by atoms with Crippen LogP contribution < -0.4 is 5.32 Å². The van der Waals surface area contributed by atoms with E-state index in [0.717, 1.165) is 19.4 Å². The van der Waals surface area contributed by atoms with Crippen LogP contribution in [0.2, 0.25) is 0 Å². The maximum atomic E-state index is 12.3. The largest absolute Gasteiger partial charge is 0.480 e. The normalized spacial score (nSPS) is 28.1. The van der Waals surface area contributed by atoms with Crippen molar-refractivity contribution in [2.75, 3.05) is 6.54 Å². The van der Waals surface area contributed by atoms with Crippen molar-refractivity contribution in [3.8, 4) is 0 Å². The molecule has 2 fully saturated rings. The van der Waals surface area contributed by atoms with Gasteiger partial charge in [-0.15, -0.1) is 0 Å². The fourth-order valence-corrected chi connectivity index (χ4v) is 3.39. The molecule has 0 spiro atoms. The van der Waals surface area contributed by atoms with Crippen molar-refractivity contribution in [3.05, 3.63) is 0 Å². The first-order chi connectivity index (χ1) is 9.00. The van der Waals surface area contributed by atoms with Gasteiger partial charge in [0.25, 0.3) is 0 Å². The number of nitrogens with zero attached hydrogens (tertiary/aromatic N) is 1. The molecule has 0 radical (unpaired) electrons. The summed E-state index contributed by atoms with van der Waals surface area (Å²) in [6, 6.07) is -0.666. The predicted octanol–water partition coefficient (Wildman–Crippen LogP) is 2.07. The maximum absolute atomic E-state index is 12.3. The third kappa shape index (κ3) is 3.01. The second kappa shape index (κ2) is 5.80. The van der Waals surface area contributed by atoms with E-state index in [0.29, 0.717) is 12.0 Å². The molecule has 2 unspecified atom stereocenters. The molecule has 2 amide bonds. The van der Waals surface area contributed by atoms with Crippen molar-refractivity contribution in [3.63, 3.8) is 0 Å². The second-order valence-electron chi connectivity index (χ2n) is 6.10. The molecule has 0 aromatic rings. The van der Waals surface area contributed by atoms with Crippen molar-refractivity contribution in [2.45, 2.75) is 58.0 Å². The van der Waals surface area contributed by atoms with Crippen LogP contribution in [-0.2, 0) is 4.79 Å². The molecule has 1 saturated carbocycles. The van der Waals surface area contributed by atoms with E-state index in [1.807, 2.05) is 18.7 Å². The van der Waals surface area contributed by atoms with Crippen molar-refractivity contribution < 1.29 is 14.7 Å². The van der Waals surface area contributed by atoms with Gasteiger partial charge in [-0.3, -0.25) is 0 Å². The van der Waals surface area contributed by atoms with Crippen LogP contribution in [0.5, 0.6) is 0 Å². The van der Waals surface area contributed by atoms with E-state index in [1.165, 1.54) is 19.3 Å². The van der Waals surface area contributed by atoms with Crippen LogP contribution in [0.1, 0.15) is 46.0 Å². The van der Waals surface area contributed by atoms with E-state index < -0.39 is 12.0 Å². The van der Waals surface area contributed by atoms with E-state index >= 15 is 0 Å². The van der Waals surface area contributed by atoms with Gasteiger partial charge in [-0.2, -0.15) is 0 Å². The highest BCUT2D eigenvalue weighted by atomic mass is 16.4. The zero-order valence-corrected chi connectivity index (χ0v) is 11.8. The van der Waals surface area contributed by atoms with Gasteiger partial charge in [0.05, 0.1) is 0 Å². The lowest BCUT2D eigenvalue weighted by Gasteiger charge is -2.32. The molecule has 0 aromatic carbocycles. The summed E-state index contributed by atoms with van der Waals surface area (Å²) in [4.78, 5) is 25.3. The third-order valence-corrected chi connectivity index (χ3v) is 4.48.